The number of benzene rings is 2. The van der Waals surface area contributed by atoms with Crippen LogP contribution in [-0.4, -0.2) is 25.1 Å². The van der Waals surface area contributed by atoms with Gasteiger partial charge in [-0.3, -0.25) is 9.59 Å². The molecule has 0 saturated heterocycles. The highest BCUT2D eigenvalue weighted by Gasteiger charge is 2.08. The number of anilines is 1. The van der Waals surface area contributed by atoms with Gasteiger partial charge in [-0.2, -0.15) is 0 Å². The summed E-state index contributed by atoms with van der Waals surface area (Å²) in [6.45, 7) is 3.12. The van der Waals surface area contributed by atoms with Crippen LogP contribution in [0.15, 0.2) is 54.6 Å². The van der Waals surface area contributed by atoms with Crippen LogP contribution in [0.5, 0.6) is 5.75 Å². The van der Waals surface area contributed by atoms with Gasteiger partial charge in [-0.05, 0) is 36.2 Å². The normalized spacial score (nSPS) is 10.3. The van der Waals surface area contributed by atoms with Crippen LogP contribution in [0.2, 0.25) is 0 Å². The van der Waals surface area contributed by atoms with Crippen molar-refractivity contribution in [1.82, 2.24) is 0 Å². The summed E-state index contributed by atoms with van der Waals surface area (Å²) < 4.78 is 10.8. The van der Waals surface area contributed by atoms with Crippen molar-refractivity contribution < 1.29 is 19.1 Å². The largest absolute Gasteiger partial charge is 0.494 e. The Labute approximate surface area is 160 Å². The Morgan fingerprint density at radius 3 is 2.37 bits per heavy atom. The Bertz CT molecular complexity index is 698. The van der Waals surface area contributed by atoms with Crippen molar-refractivity contribution in [3.63, 3.8) is 0 Å². The lowest BCUT2D eigenvalue weighted by Crippen LogP contribution is -2.15. The Kier molecular flexibility index (Phi) is 8.90. The van der Waals surface area contributed by atoms with Gasteiger partial charge in [-0.25, -0.2) is 0 Å². The smallest absolute Gasteiger partial charge is 0.306 e. The van der Waals surface area contributed by atoms with Gasteiger partial charge in [0.2, 0.25) is 5.91 Å². The lowest BCUT2D eigenvalue weighted by atomic mass is 10.2. The average molecular weight is 369 g/mol. The number of hydrogen-bond donors (Lipinski definition) is 1. The highest BCUT2D eigenvalue weighted by Crippen LogP contribution is 2.16. The molecule has 0 fully saturated rings. The summed E-state index contributed by atoms with van der Waals surface area (Å²) >= 11 is 0. The number of ether oxygens (including phenoxy) is 2. The second-order valence-electron chi connectivity index (χ2n) is 6.23. The number of unbranched alkanes of at least 4 members (excludes halogenated alkanes) is 1. The fraction of sp³-hybridized carbons (Fsp3) is 0.364. The van der Waals surface area contributed by atoms with Crippen molar-refractivity contribution in [2.45, 2.75) is 39.0 Å². The van der Waals surface area contributed by atoms with E-state index in [1.54, 1.807) is 12.1 Å². The van der Waals surface area contributed by atoms with Crippen molar-refractivity contribution in [1.29, 1.82) is 0 Å². The molecule has 27 heavy (non-hydrogen) atoms. The van der Waals surface area contributed by atoms with Crippen LogP contribution in [-0.2, 0) is 20.7 Å². The minimum absolute atomic E-state index is 0.0683. The monoisotopic (exact) mass is 369 g/mol. The fourth-order valence-electron chi connectivity index (χ4n) is 2.41. The van der Waals surface area contributed by atoms with E-state index < -0.39 is 0 Å². The van der Waals surface area contributed by atoms with Crippen molar-refractivity contribution in [3.05, 3.63) is 60.2 Å². The average Bonchev–Trinajstić information content (AvgIpc) is 2.69. The molecule has 0 aromatic heterocycles. The first-order chi connectivity index (χ1) is 13.2. The minimum Gasteiger partial charge on any atom is -0.494 e. The van der Waals surface area contributed by atoms with Crippen LogP contribution in [0.25, 0.3) is 0 Å². The molecule has 0 aliphatic heterocycles. The van der Waals surface area contributed by atoms with Crippen molar-refractivity contribution in [2.75, 3.05) is 18.5 Å². The molecule has 144 valence electrons. The molecule has 1 amide bonds. The summed E-state index contributed by atoms with van der Waals surface area (Å²) in [6.07, 6.45) is 2.94. The number of carbonyl (C=O) groups is 2. The molecule has 0 saturated carbocycles. The van der Waals surface area contributed by atoms with E-state index in [9.17, 15) is 9.59 Å². The summed E-state index contributed by atoms with van der Waals surface area (Å²) in [5.41, 5.74) is 1.80. The zero-order valence-electron chi connectivity index (χ0n) is 15.8. The third-order valence-corrected chi connectivity index (χ3v) is 3.96. The van der Waals surface area contributed by atoms with Crippen LogP contribution in [0.4, 0.5) is 5.69 Å². The summed E-state index contributed by atoms with van der Waals surface area (Å²) in [4.78, 5) is 23.7. The van der Waals surface area contributed by atoms with Crippen molar-refractivity contribution in [3.8, 4) is 5.75 Å². The van der Waals surface area contributed by atoms with Crippen LogP contribution >= 0.6 is 0 Å². The van der Waals surface area contributed by atoms with Crippen molar-refractivity contribution >= 4 is 17.6 Å². The molecule has 0 heterocycles. The summed E-state index contributed by atoms with van der Waals surface area (Å²) in [6, 6.07) is 17.0. The van der Waals surface area contributed by atoms with Crippen molar-refractivity contribution in [2.24, 2.45) is 0 Å². The van der Waals surface area contributed by atoms with Gasteiger partial charge in [0.1, 0.15) is 5.75 Å². The van der Waals surface area contributed by atoms with Gasteiger partial charge in [-0.15, -0.1) is 0 Å². The molecule has 0 aliphatic rings. The Hall–Kier alpha value is -2.82. The van der Waals surface area contributed by atoms with Gasteiger partial charge in [0.25, 0.3) is 0 Å². The molecule has 2 aromatic rings. The highest BCUT2D eigenvalue weighted by molar-refractivity contribution is 5.92. The van der Waals surface area contributed by atoms with E-state index in [0.29, 0.717) is 25.3 Å². The molecule has 0 aliphatic carbocycles. The van der Waals surface area contributed by atoms with Crippen LogP contribution < -0.4 is 10.1 Å². The van der Waals surface area contributed by atoms with E-state index >= 15 is 0 Å². The summed E-state index contributed by atoms with van der Waals surface area (Å²) in [7, 11) is 0. The van der Waals surface area contributed by atoms with Gasteiger partial charge in [0.15, 0.2) is 0 Å². The predicted octanol–water partition coefficient (Wildman–Crippen LogP) is 4.37. The zero-order chi connectivity index (χ0) is 19.3. The van der Waals surface area contributed by atoms with Gasteiger partial charge < -0.3 is 14.8 Å². The first-order valence-electron chi connectivity index (χ1n) is 9.39. The summed E-state index contributed by atoms with van der Waals surface area (Å²) in [5, 5.41) is 2.77. The number of nitrogens with one attached hydrogen (secondary N) is 1. The highest BCUT2D eigenvalue weighted by atomic mass is 16.5. The second-order valence-corrected chi connectivity index (χ2v) is 6.23. The molecule has 5 nitrogen and oxygen atoms in total. The molecule has 1 N–H and O–H groups in total. The van der Waals surface area contributed by atoms with E-state index in [2.05, 4.69) is 12.2 Å². The van der Waals surface area contributed by atoms with Gasteiger partial charge in [0, 0.05) is 18.5 Å². The SMILES string of the molecule is CCCCOc1ccc(NC(=O)CCC(=O)OCCc2ccccc2)cc1. The van der Waals surface area contributed by atoms with E-state index in [4.69, 9.17) is 9.47 Å². The zero-order valence-corrected chi connectivity index (χ0v) is 15.8. The number of carbonyl (C=O) groups excluding carboxylic acids is 2. The Balaban J connectivity index is 1.62. The molecule has 0 radical (unpaired) electrons. The van der Waals surface area contributed by atoms with E-state index in [1.165, 1.54) is 0 Å². The van der Waals surface area contributed by atoms with E-state index in [1.807, 2.05) is 42.5 Å². The summed E-state index contributed by atoms with van der Waals surface area (Å²) in [5.74, 6) is 0.207. The molecule has 2 rings (SSSR count). The number of hydrogen-bond acceptors (Lipinski definition) is 4. The molecular formula is C22H27NO4. The first-order valence-corrected chi connectivity index (χ1v) is 9.39. The number of esters is 1. The number of amides is 1. The molecule has 5 heteroatoms. The van der Waals surface area contributed by atoms with Crippen LogP contribution in [0, 0.1) is 0 Å². The quantitative estimate of drug-likeness (QED) is 0.472. The maximum atomic E-state index is 12.0. The van der Waals surface area contributed by atoms with Crippen LogP contribution in [0.3, 0.4) is 0 Å². The lowest BCUT2D eigenvalue weighted by Gasteiger charge is -2.08. The first kappa shape index (κ1) is 20.5. The predicted molar refractivity (Wildman–Crippen MR) is 106 cm³/mol. The standard InChI is InChI=1S/C22H27NO4/c1-2-3-16-26-20-11-9-19(10-12-20)23-21(24)13-14-22(25)27-17-15-18-7-5-4-6-8-18/h4-12H,2-3,13-17H2,1H3,(H,23,24). The maximum absolute atomic E-state index is 12.0. The third kappa shape index (κ3) is 8.40. The lowest BCUT2D eigenvalue weighted by molar-refractivity contribution is -0.144. The molecular weight excluding hydrogens is 342 g/mol. The minimum atomic E-state index is -0.360. The third-order valence-electron chi connectivity index (χ3n) is 3.96. The van der Waals surface area contributed by atoms with E-state index in [0.717, 1.165) is 24.2 Å². The Morgan fingerprint density at radius 2 is 1.67 bits per heavy atom. The Morgan fingerprint density at radius 1 is 0.926 bits per heavy atom. The molecule has 0 bridgehead atoms. The molecule has 0 atom stereocenters. The van der Waals surface area contributed by atoms with E-state index in [-0.39, 0.29) is 24.7 Å². The van der Waals surface area contributed by atoms with Gasteiger partial charge in [0.05, 0.1) is 19.6 Å². The molecule has 0 spiro atoms. The topological polar surface area (TPSA) is 64.6 Å². The maximum Gasteiger partial charge on any atom is 0.306 e. The fourth-order valence-corrected chi connectivity index (χ4v) is 2.41. The van der Waals surface area contributed by atoms with Gasteiger partial charge in [-0.1, -0.05) is 43.7 Å². The van der Waals surface area contributed by atoms with Gasteiger partial charge >= 0.3 is 5.97 Å². The van der Waals surface area contributed by atoms with Crippen LogP contribution in [0.1, 0.15) is 38.2 Å². The molecule has 0 unspecified atom stereocenters. The molecule has 2 aromatic carbocycles. The second kappa shape index (κ2) is 11.7. The number of rotatable bonds is 11.